The maximum absolute atomic E-state index is 12.5. The summed E-state index contributed by atoms with van der Waals surface area (Å²) in [5.74, 6) is 0.914. The lowest BCUT2D eigenvalue weighted by atomic mass is 9.79. The van der Waals surface area contributed by atoms with Crippen LogP contribution in [0, 0.1) is 0 Å². The summed E-state index contributed by atoms with van der Waals surface area (Å²) in [7, 11) is 0. The molecule has 59 heavy (non-hydrogen) atoms. The summed E-state index contributed by atoms with van der Waals surface area (Å²) < 4.78 is 9.00. The molecule has 5 heteroatoms. The lowest BCUT2D eigenvalue weighted by Crippen LogP contribution is -2.17. The van der Waals surface area contributed by atoms with E-state index in [1.54, 1.807) is 0 Å². The summed E-state index contributed by atoms with van der Waals surface area (Å²) in [5.41, 5.74) is 13.6. The van der Waals surface area contributed by atoms with Crippen molar-refractivity contribution in [2.24, 2.45) is 0 Å². The van der Waals surface area contributed by atoms with Crippen LogP contribution in [-0.2, 0) is 16.2 Å². The van der Waals surface area contributed by atoms with Gasteiger partial charge >= 0.3 is 0 Å². The van der Waals surface area contributed by atoms with E-state index in [4.69, 9.17) is 14.4 Å². The maximum atomic E-state index is 12.5. The summed E-state index contributed by atoms with van der Waals surface area (Å²) in [6.45, 7) is 19.9. The van der Waals surface area contributed by atoms with Crippen LogP contribution in [0.4, 0.5) is 0 Å². The molecule has 0 aliphatic carbocycles. The van der Waals surface area contributed by atoms with E-state index in [0.717, 1.165) is 83.3 Å². The van der Waals surface area contributed by atoms with Crippen molar-refractivity contribution >= 4 is 33.0 Å². The van der Waals surface area contributed by atoms with Crippen molar-refractivity contribution in [3.05, 3.63) is 156 Å². The molecule has 0 unspecified atom stereocenters. The predicted octanol–water partition coefficient (Wildman–Crippen LogP) is 14.6. The van der Waals surface area contributed by atoms with Gasteiger partial charge in [0.1, 0.15) is 22.7 Å². The number of para-hydroxylation sites is 2. The van der Waals surface area contributed by atoms with Gasteiger partial charge in [-0.3, -0.25) is 9.55 Å². The van der Waals surface area contributed by atoms with Gasteiger partial charge in [0.2, 0.25) is 0 Å². The second-order valence-corrected chi connectivity index (χ2v) is 18.9. The molecule has 0 amide bonds. The number of hydrogen-bond donors (Lipinski definition) is 1. The van der Waals surface area contributed by atoms with E-state index in [0.29, 0.717) is 11.4 Å². The number of phenols is 1. The Kier molecular flexibility index (Phi) is 8.93. The van der Waals surface area contributed by atoms with Crippen LogP contribution in [0.5, 0.6) is 5.75 Å². The van der Waals surface area contributed by atoms with Gasteiger partial charge in [-0.25, -0.2) is 4.98 Å². The van der Waals surface area contributed by atoms with Gasteiger partial charge in [0.25, 0.3) is 0 Å². The molecule has 0 atom stereocenters. The highest BCUT2D eigenvalue weighted by Gasteiger charge is 2.30. The molecule has 0 radical (unpaired) electrons. The molecule has 0 saturated carbocycles. The fourth-order valence-electron chi connectivity index (χ4n) is 8.31. The molecule has 0 saturated heterocycles. The topological polar surface area (TPSA) is 64.1 Å². The Hall–Kier alpha value is -6.46. The van der Waals surface area contributed by atoms with Crippen LogP contribution in [0.15, 0.2) is 144 Å². The number of furan rings is 1. The third-order valence-corrected chi connectivity index (χ3v) is 11.6. The molecule has 9 aromatic rings. The number of aromatic hydroxyl groups is 1. The molecular formula is C54H51N3O2. The van der Waals surface area contributed by atoms with E-state index >= 15 is 0 Å². The van der Waals surface area contributed by atoms with Gasteiger partial charge < -0.3 is 9.52 Å². The molecule has 0 aliphatic rings. The minimum Gasteiger partial charge on any atom is -0.507 e. The van der Waals surface area contributed by atoms with Gasteiger partial charge in [0, 0.05) is 44.8 Å². The Morgan fingerprint density at radius 3 is 1.97 bits per heavy atom. The Morgan fingerprint density at radius 1 is 0.542 bits per heavy atom. The van der Waals surface area contributed by atoms with Crippen molar-refractivity contribution in [2.45, 2.75) is 78.6 Å². The molecule has 3 heterocycles. The average molecular weight is 774 g/mol. The Balaban J connectivity index is 1.44. The van der Waals surface area contributed by atoms with Gasteiger partial charge in [0.15, 0.2) is 0 Å². The maximum Gasteiger partial charge on any atom is 0.149 e. The first kappa shape index (κ1) is 38.1. The van der Waals surface area contributed by atoms with Gasteiger partial charge in [-0.15, -0.1) is 0 Å². The first-order chi connectivity index (χ1) is 28.1. The van der Waals surface area contributed by atoms with E-state index in [2.05, 4.69) is 170 Å². The number of benzene rings is 6. The molecule has 6 aromatic carbocycles. The van der Waals surface area contributed by atoms with Crippen LogP contribution in [0.1, 0.15) is 79.0 Å². The third-order valence-electron chi connectivity index (χ3n) is 11.6. The van der Waals surface area contributed by atoms with Crippen LogP contribution in [-0.4, -0.2) is 19.6 Å². The first-order valence-electron chi connectivity index (χ1n) is 20.5. The Bertz CT molecular complexity index is 3040. The molecule has 0 bridgehead atoms. The number of phenolic OH excluding ortho intramolecular Hbond substituents is 1. The van der Waals surface area contributed by atoms with E-state index in [1.165, 1.54) is 5.56 Å². The van der Waals surface area contributed by atoms with Crippen molar-refractivity contribution in [3.63, 3.8) is 0 Å². The number of aromatic nitrogens is 3. The SMILES string of the molecule is CC(C)(C)c1ccc(-n2c(-c3cc(C(C)(C)C)cc(C(C)(C)C)c3O)nc3c(-c4cc(-c5ccccn5)cc5c4oc4ccccc45)cccc32)c(-c2ccccc2)c1. The van der Waals surface area contributed by atoms with Gasteiger partial charge in [-0.1, -0.05) is 141 Å². The standard InChI is InChI=1S/C54H51N3O2/c1-52(2,3)35-25-26-45(39(30-35)33-18-11-10-12-19-33)57-46-23-17-21-38(48(46)56-51(57)42-31-36(53(4,5)6)32-43(49(42)58)54(7,8)9)41-29-34(44-22-15-16-27-55-44)28-40-37-20-13-14-24-47(37)59-50(40)41/h10-32,58H,1-9H3. The quantitative estimate of drug-likeness (QED) is 0.189. The van der Waals surface area contributed by atoms with Crippen molar-refractivity contribution < 1.29 is 9.52 Å². The zero-order chi connectivity index (χ0) is 41.4. The first-order valence-corrected chi connectivity index (χ1v) is 20.5. The molecule has 5 nitrogen and oxygen atoms in total. The molecule has 1 N–H and O–H groups in total. The van der Waals surface area contributed by atoms with Crippen LogP contribution in [0.2, 0.25) is 0 Å². The van der Waals surface area contributed by atoms with Crippen molar-refractivity contribution in [1.82, 2.24) is 14.5 Å². The van der Waals surface area contributed by atoms with E-state index in [-0.39, 0.29) is 22.0 Å². The molecule has 294 valence electrons. The van der Waals surface area contributed by atoms with E-state index in [9.17, 15) is 5.11 Å². The number of hydrogen-bond acceptors (Lipinski definition) is 4. The molecule has 9 rings (SSSR count). The summed E-state index contributed by atoms with van der Waals surface area (Å²) in [6, 6.07) is 46.7. The Labute approximate surface area is 347 Å². The fourth-order valence-corrected chi connectivity index (χ4v) is 8.31. The summed E-state index contributed by atoms with van der Waals surface area (Å²) in [5, 5.41) is 14.6. The van der Waals surface area contributed by atoms with Crippen LogP contribution >= 0.6 is 0 Å². The smallest absolute Gasteiger partial charge is 0.149 e. The monoisotopic (exact) mass is 773 g/mol. The highest BCUT2D eigenvalue weighted by atomic mass is 16.3. The summed E-state index contributed by atoms with van der Waals surface area (Å²) in [6.07, 6.45) is 1.83. The number of rotatable bonds is 5. The largest absolute Gasteiger partial charge is 0.507 e. The molecule has 0 aliphatic heterocycles. The number of nitrogens with zero attached hydrogens (tertiary/aromatic N) is 3. The minimum atomic E-state index is -0.329. The summed E-state index contributed by atoms with van der Waals surface area (Å²) in [4.78, 5) is 10.4. The summed E-state index contributed by atoms with van der Waals surface area (Å²) >= 11 is 0. The minimum absolute atomic E-state index is 0.0768. The van der Waals surface area contributed by atoms with Crippen molar-refractivity contribution in [3.8, 4) is 56.3 Å². The average Bonchev–Trinajstić information content (AvgIpc) is 3.79. The van der Waals surface area contributed by atoms with Gasteiger partial charge in [-0.2, -0.15) is 0 Å². The van der Waals surface area contributed by atoms with E-state index in [1.807, 2.05) is 36.5 Å². The van der Waals surface area contributed by atoms with Crippen LogP contribution in [0.3, 0.4) is 0 Å². The second kappa shape index (κ2) is 13.8. The van der Waals surface area contributed by atoms with Gasteiger partial charge in [0.05, 0.1) is 28.0 Å². The van der Waals surface area contributed by atoms with Crippen LogP contribution < -0.4 is 0 Å². The molecule has 3 aromatic heterocycles. The van der Waals surface area contributed by atoms with Crippen molar-refractivity contribution in [2.75, 3.05) is 0 Å². The Morgan fingerprint density at radius 2 is 1.25 bits per heavy atom. The number of imidazole rings is 1. The number of pyridine rings is 1. The lowest BCUT2D eigenvalue weighted by molar-refractivity contribution is 0.446. The number of fused-ring (bicyclic) bond motifs is 4. The highest BCUT2D eigenvalue weighted by molar-refractivity contribution is 6.13. The fraction of sp³-hybridized carbons (Fsp3) is 0.222. The lowest BCUT2D eigenvalue weighted by Gasteiger charge is -2.28. The predicted molar refractivity (Wildman–Crippen MR) is 246 cm³/mol. The zero-order valence-electron chi connectivity index (χ0n) is 35.5. The van der Waals surface area contributed by atoms with Crippen LogP contribution in [0.25, 0.3) is 83.6 Å². The molecular weight excluding hydrogens is 723 g/mol. The second-order valence-electron chi connectivity index (χ2n) is 18.9. The highest BCUT2D eigenvalue weighted by Crippen LogP contribution is 2.47. The zero-order valence-corrected chi connectivity index (χ0v) is 35.5. The van der Waals surface area contributed by atoms with E-state index < -0.39 is 0 Å². The molecule has 0 fully saturated rings. The van der Waals surface area contributed by atoms with Crippen molar-refractivity contribution in [1.29, 1.82) is 0 Å². The van der Waals surface area contributed by atoms with Gasteiger partial charge in [-0.05, 0) is 87.5 Å². The third kappa shape index (κ3) is 6.69. The molecule has 0 spiro atoms. The normalized spacial score (nSPS) is 12.6.